The van der Waals surface area contributed by atoms with E-state index in [2.05, 4.69) is 22.3 Å². The smallest absolute Gasteiger partial charge is 0.254 e. The van der Waals surface area contributed by atoms with Crippen molar-refractivity contribution in [3.63, 3.8) is 0 Å². The van der Waals surface area contributed by atoms with Crippen molar-refractivity contribution in [2.24, 2.45) is 9.98 Å². The summed E-state index contributed by atoms with van der Waals surface area (Å²) in [5, 5.41) is 3.32. The number of rotatable bonds is 0. The number of benzene rings is 2. The standard InChI is InChI=1S/C19H16N4O.CH2Cl2/c24-19-13-6-2-4-8-15(13)21-18-16(22-19)9-10-17-20-14-7-3-1-5-12(14)11-23(17)18;2-1-3/h1-8,16H,9-11H2,(H,22,24);1H2/t16-;/m0./s1. The average molecular weight is 401 g/mol. The lowest BCUT2D eigenvalue weighted by atomic mass is 9.99. The van der Waals surface area contributed by atoms with Gasteiger partial charge in [0, 0.05) is 6.42 Å². The van der Waals surface area contributed by atoms with Crippen molar-refractivity contribution >= 4 is 52.2 Å². The molecule has 138 valence electrons. The van der Waals surface area contributed by atoms with Crippen LogP contribution in [0.25, 0.3) is 0 Å². The maximum Gasteiger partial charge on any atom is 0.254 e. The van der Waals surface area contributed by atoms with Crippen LogP contribution in [0.2, 0.25) is 0 Å². The molecule has 3 heterocycles. The number of fused-ring (bicyclic) bond motifs is 5. The molecule has 1 atom stereocenters. The third-order valence-corrected chi connectivity index (χ3v) is 4.81. The molecule has 0 aromatic heterocycles. The second kappa shape index (κ2) is 7.71. The molecule has 7 heteroatoms. The van der Waals surface area contributed by atoms with Gasteiger partial charge >= 0.3 is 0 Å². The van der Waals surface area contributed by atoms with Crippen LogP contribution in [0.1, 0.15) is 28.8 Å². The fourth-order valence-corrected chi connectivity index (χ4v) is 3.61. The first-order valence-corrected chi connectivity index (χ1v) is 9.81. The van der Waals surface area contributed by atoms with Gasteiger partial charge in [-0.05, 0) is 30.2 Å². The second-order valence-electron chi connectivity index (χ2n) is 6.40. The number of aliphatic imine (C=N–C) groups is 2. The molecule has 2 aromatic rings. The first-order valence-electron chi connectivity index (χ1n) is 8.74. The number of nitrogens with one attached hydrogen (secondary N) is 1. The van der Waals surface area contributed by atoms with E-state index >= 15 is 0 Å². The summed E-state index contributed by atoms with van der Waals surface area (Å²) in [5.41, 5.74) is 3.59. The molecule has 5 rings (SSSR count). The number of carbonyl (C=O) groups is 1. The van der Waals surface area contributed by atoms with Crippen molar-refractivity contribution < 1.29 is 4.79 Å². The number of amides is 1. The summed E-state index contributed by atoms with van der Waals surface area (Å²) in [6.07, 6.45) is 1.67. The van der Waals surface area contributed by atoms with E-state index in [-0.39, 0.29) is 17.3 Å². The molecule has 5 nitrogen and oxygen atoms in total. The molecule has 2 aromatic carbocycles. The zero-order chi connectivity index (χ0) is 18.8. The molecule has 0 radical (unpaired) electrons. The number of hydrogen-bond acceptors (Lipinski definition) is 4. The van der Waals surface area contributed by atoms with E-state index in [4.69, 9.17) is 33.2 Å². The summed E-state index contributed by atoms with van der Waals surface area (Å²) in [6, 6.07) is 15.7. The Bertz CT molecular complexity index is 941. The van der Waals surface area contributed by atoms with E-state index in [0.717, 1.165) is 42.4 Å². The molecule has 1 amide bonds. The third-order valence-electron chi connectivity index (χ3n) is 4.81. The average Bonchev–Trinajstić information content (AvgIpc) is 2.83. The van der Waals surface area contributed by atoms with Crippen LogP contribution in [-0.4, -0.2) is 33.9 Å². The van der Waals surface area contributed by atoms with Crippen LogP contribution in [-0.2, 0) is 6.54 Å². The second-order valence-corrected chi connectivity index (χ2v) is 7.20. The van der Waals surface area contributed by atoms with Crippen LogP contribution < -0.4 is 5.32 Å². The van der Waals surface area contributed by atoms with Gasteiger partial charge in [0.15, 0.2) is 0 Å². The highest BCUT2D eigenvalue weighted by Crippen LogP contribution is 2.33. The van der Waals surface area contributed by atoms with Gasteiger partial charge in [-0.2, -0.15) is 0 Å². The fourth-order valence-electron chi connectivity index (χ4n) is 3.61. The Morgan fingerprint density at radius 3 is 2.56 bits per heavy atom. The number of piperidine rings is 1. The lowest BCUT2D eigenvalue weighted by Gasteiger charge is -2.38. The lowest BCUT2D eigenvalue weighted by molar-refractivity contribution is 0.0945. The summed E-state index contributed by atoms with van der Waals surface area (Å²) in [6.45, 7) is 0.752. The van der Waals surface area contributed by atoms with Gasteiger partial charge in [-0.3, -0.25) is 4.79 Å². The van der Waals surface area contributed by atoms with E-state index in [1.165, 1.54) is 5.56 Å². The SMILES string of the molecule is ClCCl.O=C1N[C@H]2CCC3=Nc4ccccc4CN3C2=Nc2ccccc21. The molecule has 27 heavy (non-hydrogen) atoms. The predicted molar refractivity (Wildman–Crippen MR) is 110 cm³/mol. The van der Waals surface area contributed by atoms with Crippen molar-refractivity contribution in [3.8, 4) is 0 Å². The molecule has 0 aliphatic carbocycles. The normalized spacial score (nSPS) is 19.6. The quantitative estimate of drug-likeness (QED) is 0.657. The summed E-state index contributed by atoms with van der Waals surface area (Å²) in [5.74, 6) is 1.89. The van der Waals surface area contributed by atoms with Gasteiger partial charge < -0.3 is 10.2 Å². The van der Waals surface area contributed by atoms with Gasteiger partial charge in [-0.1, -0.05) is 30.3 Å². The number of para-hydroxylation sites is 2. The topological polar surface area (TPSA) is 57.1 Å². The maximum absolute atomic E-state index is 12.5. The lowest BCUT2D eigenvalue weighted by Crippen LogP contribution is -2.54. The summed E-state index contributed by atoms with van der Waals surface area (Å²) in [4.78, 5) is 24.3. The summed E-state index contributed by atoms with van der Waals surface area (Å²) >= 11 is 9.53. The monoisotopic (exact) mass is 400 g/mol. The molecule has 0 spiro atoms. The summed E-state index contributed by atoms with van der Waals surface area (Å²) in [7, 11) is 0. The Labute approximate surface area is 167 Å². The van der Waals surface area contributed by atoms with Crippen molar-refractivity contribution in [3.05, 3.63) is 59.7 Å². The van der Waals surface area contributed by atoms with Crippen LogP contribution in [0.4, 0.5) is 11.4 Å². The van der Waals surface area contributed by atoms with E-state index in [1.54, 1.807) is 0 Å². The largest absolute Gasteiger partial charge is 0.342 e. The molecule has 3 aliphatic heterocycles. The van der Waals surface area contributed by atoms with Gasteiger partial charge in [0.2, 0.25) is 0 Å². The first-order chi connectivity index (χ1) is 13.2. The number of hydrogen-bond donors (Lipinski definition) is 1. The minimum atomic E-state index is -0.0610. The molecule has 0 saturated carbocycles. The highest BCUT2D eigenvalue weighted by molar-refractivity contribution is 6.40. The Morgan fingerprint density at radius 2 is 1.74 bits per heavy atom. The van der Waals surface area contributed by atoms with Crippen molar-refractivity contribution in [1.29, 1.82) is 0 Å². The van der Waals surface area contributed by atoms with Crippen LogP contribution in [0.3, 0.4) is 0 Å². The molecule has 1 fully saturated rings. The molecule has 1 saturated heterocycles. The molecular weight excluding hydrogens is 383 g/mol. The molecular formula is C20H18Cl2N4O. The maximum atomic E-state index is 12.5. The van der Waals surface area contributed by atoms with E-state index < -0.39 is 0 Å². The van der Waals surface area contributed by atoms with Crippen LogP contribution >= 0.6 is 23.2 Å². The number of amidine groups is 2. The van der Waals surface area contributed by atoms with Gasteiger partial charge in [0.25, 0.3) is 5.91 Å². The Kier molecular flexibility index (Phi) is 5.14. The van der Waals surface area contributed by atoms with Gasteiger partial charge in [0.05, 0.1) is 34.9 Å². The number of nitrogens with zero attached hydrogens (tertiary/aromatic N) is 3. The molecule has 0 bridgehead atoms. The molecule has 3 aliphatic rings. The third kappa shape index (κ3) is 3.45. The highest BCUT2D eigenvalue weighted by atomic mass is 35.5. The fraction of sp³-hybridized carbons (Fsp3) is 0.250. The van der Waals surface area contributed by atoms with Crippen molar-refractivity contribution in [2.75, 3.05) is 5.34 Å². The van der Waals surface area contributed by atoms with Crippen molar-refractivity contribution in [2.45, 2.75) is 25.4 Å². The zero-order valence-electron chi connectivity index (χ0n) is 14.5. The molecule has 1 N–H and O–H groups in total. The zero-order valence-corrected chi connectivity index (χ0v) is 16.0. The van der Waals surface area contributed by atoms with Crippen LogP contribution in [0.5, 0.6) is 0 Å². The minimum absolute atomic E-state index is 0.0489. The highest BCUT2D eigenvalue weighted by Gasteiger charge is 2.36. The summed E-state index contributed by atoms with van der Waals surface area (Å²) < 4.78 is 0. The Hall–Kier alpha value is -2.37. The first kappa shape index (κ1) is 18.0. The van der Waals surface area contributed by atoms with Crippen LogP contribution in [0, 0.1) is 0 Å². The number of halogens is 2. The van der Waals surface area contributed by atoms with Crippen LogP contribution in [0.15, 0.2) is 58.5 Å². The number of carbonyl (C=O) groups excluding carboxylic acids is 1. The number of alkyl halides is 2. The van der Waals surface area contributed by atoms with Crippen molar-refractivity contribution in [1.82, 2.24) is 10.2 Å². The predicted octanol–water partition coefficient (Wildman–Crippen LogP) is 4.59. The molecule has 0 unspecified atom stereocenters. The van der Waals surface area contributed by atoms with E-state index in [9.17, 15) is 4.79 Å². The van der Waals surface area contributed by atoms with E-state index in [1.807, 2.05) is 36.4 Å². The van der Waals surface area contributed by atoms with Gasteiger partial charge in [0.1, 0.15) is 11.7 Å². The van der Waals surface area contributed by atoms with Gasteiger partial charge in [-0.15, -0.1) is 23.2 Å². The van der Waals surface area contributed by atoms with Gasteiger partial charge in [-0.25, -0.2) is 9.98 Å². The Balaban J connectivity index is 0.000000565. The van der Waals surface area contributed by atoms with E-state index in [0.29, 0.717) is 5.56 Å². The Morgan fingerprint density at radius 1 is 1.04 bits per heavy atom. The minimum Gasteiger partial charge on any atom is -0.342 e.